The van der Waals surface area contributed by atoms with Gasteiger partial charge in [-0.2, -0.15) is 0 Å². The van der Waals surface area contributed by atoms with Gasteiger partial charge in [0.2, 0.25) is 5.95 Å². The summed E-state index contributed by atoms with van der Waals surface area (Å²) in [6.45, 7) is 4.80. The lowest BCUT2D eigenvalue weighted by atomic mass is 10.1. The molecule has 0 aliphatic carbocycles. The molecule has 0 bridgehead atoms. The van der Waals surface area contributed by atoms with E-state index in [9.17, 15) is 4.39 Å². The Morgan fingerprint density at radius 3 is 2.62 bits per heavy atom. The van der Waals surface area contributed by atoms with Gasteiger partial charge in [0.1, 0.15) is 29.6 Å². The van der Waals surface area contributed by atoms with Crippen LogP contribution in [0, 0.1) is 5.82 Å². The Morgan fingerprint density at radius 1 is 1.07 bits per heavy atom. The second-order valence-corrected chi connectivity index (χ2v) is 9.93. The normalized spacial score (nSPS) is 14.0. The number of ether oxygens (including phenoxy) is 1. The van der Waals surface area contributed by atoms with Crippen molar-refractivity contribution >= 4 is 28.9 Å². The minimum absolute atomic E-state index is 0.285. The monoisotopic (exact) mass is 568 g/mol. The molecule has 1 aliphatic heterocycles. The van der Waals surface area contributed by atoms with E-state index in [1.807, 2.05) is 15.9 Å². The molecular formula is C29H31ClF2N6O2. The lowest BCUT2D eigenvalue weighted by Crippen LogP contribution is -2.47. The van der Waals surface area contributed by atoms with Crippen molar-refractivity contribution < 1.29 is 17.9 Å². The summed E-state index contributed by atoms with van der Waals surface area (Å²) in [6.07, 6.45) is 3.14. The first-order valence-corrected chi connectivity index (χ1v) is 13.6. The summed E-state index contributed by atoms with van der Waals surface area (Å²) in [4.78, 5) is 17.7. The van der Waals surface area contributed by atoms with E-state index in [1.165, 1.54) is 6.07 Å². The molecule has 0 spiro atoms. The van der Waals surface area contributed by atoms with Gasteiger partial charge >= 0.3 is 0 Å². The predicted molar refractivity (Wildman–Crippen MR) is 153 cm³/mol. The SMILES string of the molecule is CCCc1nc(-c2cc(Cl)cc(OC)c2)c(-c2ccnc(Nc3ccc(N4CCN(CCF)CC4)c(F)c3)n2)o1. The Bertz CT molecular complexity index is 1460. The fourth-order valence-electron chi connectivity index (χ4n) is 4.72. The molecule has 4 aromatic rings. The Balaban J connectivity index is 1.38. The number of halogens is 3. The summed E-state index contributed by atoms with van der Waals surface area (Å²) in [7, 11) is 1.58. The molecule has 0 saturated carbocycles. The molecule has 1 N–H and O–H groups in total. The lowest BCUT2D eigenvalue weighted by Gasteiger charge is -2.35. The van der Waals surface area contributed by atoms with Gasteiger partial charge < -0.3 is 19.4 Å². The summed E-state index contributed by atoms with van der Waals surface area (Å²) in [5.41, 5.74) is 2.88. The van der Waals surface area contributed by atoms with Crippen LogP contribution >= 0.6 is 11.6 Å². The number of piperazine rings is 1. The maximum atomic E-state index is 15.1. The van der Waals surface area contributed by atoms with Gasteiger partial charge in [-0.25, -0.2) is 23.7 Å². The number of anilines is 3. The highest BCUT2D eigenvalue weighted by atomic mass is 35.5. The quantitative estimate of drug-likeness (QED) is 0.236. The van der Waals surface area contributed by atoms with Crippen LogP contribution in [-0.4, -0.2) is 66.4 Å². The number of oxazole rings is 1. The summed E-state index contributed by atoms with van der Waals surface area (Å²) >= 11 is 6.33. The molecule has 3 heterocycles. The first-order valence-electron chi connectivity index (χ1n) is 13.2. The van der Waals surface area contributed by atoms with Gasteiger partial charge in [-0.05, 0) is 48.9 Å². The number of aryl methyl sites for hydroxylation is 1. The number of rotatable bonds is 10. The number of methoxy groups -OCH3 is 1. The third-order valence-electron chi connectivity index (χ3n) is 6.72. The van der Waals surface area contributed by atoms with Crippen LogP contribution in [0.25, 0.3) is 22.7 Å². The van der Waals surface area contributed by atoms with Crippen LogP contribution < -0.4 is 15.0 Å². The fraction of sp³-hybridized carbons (Fsp3) is 0.345. The predicted octanol–water partition coefficient (Wildman–Crippen LogP) is 6.39. The highest BCUT2D eigenvalue weighted by Crippen LogP contribution is 2.36. The fourth-order valence-corrected chi connectivity index (χ4v) is 4.94. The molecule has 0 amide bonds. The van der Waals surface area contributed by atoms with Crippen molar-refractivity contribution in [3.05, 3.63) is 65.4 Å². The Labute approximate surface area is 237 Å². The Kier molecular flexibility index (Phi) is 8.76. The topological polar surface area (TPSA) is 79.6 Å². The van der Waals surface area contributed by atoms with Crippen molar-refractivity contribution in [3.63, 3.8) is 0 Å². The second kappa shape index (κ2) is 12.6. The molecule has 8 nitrogen and oxygen atoms in total. The zero-order chi connectivity index (χ0) is 28.1. The zero-order valence-electron chi connectivity index (χ0n) is 22.5. The van der Waals surface area contributed by atoms with E-state index in [1.54, 1.807) is 43.6 Å². The Morgan fingerprint density at radius 2 is 1.90 bits per heavy atom. The van der Waals surface area contributed by atoms with Crippen molar-refractivity contribution in [1.82, 2.24) is 19.9 Å². The maximum Gasteiger partial charge on any atom is 0.227 e. The molecule has 5 rings (SSSR count). The maximum absolute atomic E-state index is 15.1. The molecule has 1 fully saturated rings. The molecule has 1 aliphatic rings. The van der Waals surface area contributed by atoms with Crippen LogP contribution in [0.4, 0.5) is 26.1 Å². The summed E-state index contributed by atoms with van der Waals surface area (Å²) in [5.74, 6) is 1.60. The van der Waals surface area contributed by atoms with Gasteiger partial charge in [0.15, 0.2) is 11.7 Å². The molecule has 11 heteroatoms. The highest BCUT2D eigenvalue weighted by molar-refractivity contribution is 6.31. The Hall–Kier alpha value is -3.76. The van der Waals surface area contributed by atoms with E-state index in [0.29, 0.717) is 84.3 Å². The van der Waals surface area contributed by atoms with E-state index < -0.39 is 0 Å². The van der Waals surface area contributed by atoms with Gasteiger partial charge in [-0.15, -0.1) is 0 Å². The van der Waals surface area contributed by atoms with E-state index in [4.69, 9.17) is 25.7 Å². The second-order valence-electron chi connectivity index (χ2n) is 9.49. The molecule has 1 saturated heterocycles. The van der Waals surface area contributed by atoms with Crippen LogP contribution in [0.15, 0.2) is 53.1 Å². The van der Waals surface area contributed by atoms with Gasteiger partial charge in [-0.1, -0.05) is 18.5 Å². The third kappa shape index (κ3) is 6.34. The lowest BCUT2D eigenvalue weighted by molar-refractivity contribution is 0.235. The van der Waals surface area contributed by atoms with Crippen molar-refractivity contribution in [1.29, 1.82) is 0 Å². The third-order valence-corrected chi connectivity index (χ3v) is 6.94. The molecular weight excluding hydrogens is 538 g/mol. The molecule has 2 aromatic carbocycles. The number of hydrogen-bond donors (Lipinski definition) is 1. The van der Waals surface area contributed by atoms with E-state index in [2.05, 4.69) is 22.2 Å². The van der Waals surface area contributed by atoms with Crippen LogP contribution in [0.3, 0.4) is 0 Å². The molecule has 0 radical (unpaired) electrons. The molecule has 210 valence electrons. The summed E-state index contributed by atoms with van der Waals surface area (Å²) in [5, 5.41) is 3.61. The number of aromatic nitrogens is 3. The largest absolute Gasteiger partial charge is 0.497 e. The number of nitrogens with one attached hydrogen (secondary N) is 1. The average Bonchev–Trinajstić information content (AvgIpc) is 3.38. The highest BCUT2D eigenvalue weighted by Gasteiger charge is 2.21. The van der Waals surface area contributed by atoms with Crippen LogP contribution in [0.1, 0.15) is 19.2 Å². The van der Waals surface area contributed by atoms with Gasteiger partial charge in [-0.3, -0.25) is 4.90 Å². The summed E-state index contributed by atoms with van der Waals surface area (Å²) in [6, 6.07) is 12.1. The van der Waals surface area contributed by atoms with Gasteiger partial charge in [0.05, 0.1) is 12.8 Å². The van der Waals surface area contributed by atoms with Crippen molar-refractivity contribution in [2.75, 3.05) is 56.7 Å². The molecule has 40 heavy (non-hydrogen) atoms. The summed E-state index contributed by atoms with van der Waals surface area (Å²) < 4.78 is 39.2. The van der Waals surface area contributed by atoms with Crippen molar-refractivity contribution in [2.45, 2.75) is 19.8 Å². The smallest absolute Gasteiger partial charge is 0.227 e. The van der Waals surface area contributed by atoms with E-state index in [-0.39, 0.29) is 18.4 Å². The molecule has 2 aromatic heterocycles. The van der Waals surface area contributed by atoms with Crippen molar-refractivity contribution in [2.24, 2.45) is 0 Å². The van der Waals surface area contributed by atoms with Crippen LogP contribution in [0.5, 0.6) is 5.75 Å². The minimum atomic E-state index is -0.370. The van der Waals surface area contributed by atoms with Gasteiger partial charge in [0, 0.05) is 61.6 Å². The zero-order valence-corrected chi connectivity index (χ0v) is 23.2. The van der Waals surface area contributed by atoms with Crippen molar-refractivity contribution in [3.8, 4) is 28.5 Å². The standard InChI is InChI=1S/C29H31ClF2N6O2/c1-3-4-26-36-27(19-15-20(30)17-22(16-19)39-2)28(40-26)24-7-9-33-29(35-24)34-21-5-6-25(23(32)18-21)38-13-11-37(10-8-31)12-14-38/h5-7,9,15-18H,3-4,8,10-14H2,1-2H3,(H,33,34,35). The van der Waals surface area contributed by atoms with Gasteiger partial charge in [0.25, 0.3) is 0 Å². The number of benzene rings is 2. The first kappa shape index (κ1) is 27.8. The first-order chi connectivity index (χ1) is 19.5. The number of alkyl halides is 1. The average molecular weight is 569 g/mol. The van der Waals surface area contributed by atoms with E-state index in [0.717, 1.165) is 12.0 Å². The minimum Gasteiger partial charge on any atom is -0.497 e. The number of hydrogen-bond acceptors (Lipinski definition) is 8. The van der Waals surface area contributed by atoms with Crippen LogP contribution in [-0.2, 0) is 6.42 Å². The van der Waals surface area contributed by atoms with Crippen LogP contribution in [0.2, 0.25) is 5.02 Å². The molecule has 0 unspecified atom stereocenters. The molecule has 0 atom stereocenters. The van der Waals surface area contributed by atoms with E-state index >= 15 is 4.39 Å². The number of nitrogens with zero attached hydrogens (tertiary/aromatic N) is 5.